The maximum atomic E-state index is 9.24. The van der Waals surface area contributed by atoms with Gasteiger partial charge in [0.15, 0.2) is 0 Å². The van der Waals surface area contributed by atoms with Crippen molar-refractivity contribution >= 4 is 17.6 Å². The molecule has 0 aromatic heterocycles. The standard InChI is InChI=1S/C3H8.C2H3ClO2/c1-3-2;3-1-2(4)5/h3H2,1-2H3;1H2,(H,4,5). The number of aliphatic carboxylic acids is 1. The van der Waals surface area contributed by atoms with Crippen LogP contribution >= 0.6 is 11.6 Å². The second kappa shape index (κ2) is 9.90. The zero-order chi connectivity index (χ0) is 6.99. The van der Waals surface area contributed by atoms with Crippen molar-refractivity contribution in [1.82, 2.24) is 0 Å². The van der Waals surface area contributed by atoms with Crippen LogP contribution in [-0.2, 0) is 4.79 Å². The maximum Gasteiger partial charge on any atom is 0.318 e. The van der Waals surface area contributed by atoms with Crippen molar-refractivity contribution in [1.29, 1.82) is 0 Å². The number of halogens is 1. The van der Waals surface area contributed by atoms with Crippen molar-refractivity contribution in [2.45, 2.75) is 20.3 Å². The van der Waals surface area contributed by atoms with Gasteiger partial charge in [0.05, 0.1) is 0 Å². The molecule has 2 nitrogen and oxygen atoms in total. The summed E-state index contributed by atoms with van der Waals surface area (Å²) in [5.41, 5.74) is 0. The number of hydrogen-bond acceptors (Lipinski definition) is 1. The third-order valence-electron chi connectivity index (χ3n) is 0.114. The van der Waals surface area contributed by atoms with E-state index in [4.69, 9.17) is 16.7 Å². The van der Waals surface area contributed by atoms with Gasteiger partial charge in [0, 0.05) is 0 Å². The summed E-state index contributed by atoms with van der Waals surface area (Å²) in [5.74, 6) is -1.29. The van der Waals surface area contributed by atoms with Crippen molar-refractivity contribution in [2.75, 3.05) is 5.88 Å². The molecule has 0 fully saturated rings. The first-order valence-electron chi connectivity index (χ1n) is 2.46. The van der Waals surface area contributed by atoms with E-state index in [1.54, 1.807) is 0 Å². The first kappa shape index (κ1) is 10.7. The molecule has 0 bridgehead atoms. The Labute approximate surface area is 54.5 Å². The third kappa shape index (κ3) is 42.1. The van der Waals surface area contributed by atoms with E-state index in [0.717, 1.165) is 0 Å². The van der Waals surface area contributed by atoms with Crippen LogP contribution in [0.1, 0.15) is 20.3 Å². The molecule has 0 rings (SSSR count). The van der Waals surface area contributed by atoms with Gasteiger partial charge in [-0.25, -0.2) is 0 Å². The maximum absolute atomic E-state index is 9.24. The van der Waals surface area contributed by atoms with Crippen LogP contribution in [0.4, 0.5) is 0 Å². The van der Waals surface area contributed by atoms with Crippen LogP contribution in [0.2, 0.25) is 0 Å². The van der Waals surface area contributed by atoms with Crippen molar-refractivity contribution in [2.24, 2.45) is 0 Å². The van der Waals surface area contributed by atoms with Crippen LogP contribution in [0.25, 0.3) is 0 Å². The fraction of sp³-hybridized carbons (Fsp3) is 0.800. The fourth-order valence-electron chi connectivity index (χ4n) is 0. The van der Waals surface area contributed by atoms with E-state index in [-0.39, 0.29) is 5.88 Å². The van der Waals surface area contributed by atoms with Gasteiger partial charge in [0.25, 0.3) is 0 Å². The molecule has 0 amide bonds. The van der Waals surface area contributed by atoms with Crippen LogP contribution in [0.5, 0.6) is 0 Å². The number of carbonyl (C=O) groups is 1. The average molecular weight is 139 g/mol. The van der Waals surface area contributed by atoms with Gasteiger partial charge in [0.1, 0.15) is 5.88 Å². The monoisotopic (exact) mass is 138 g/mol. The highest BCUT2D eigenvalue weighted by Gasteiger charge is 1.83. The molecule has 3 heteroatoms. The predicted molar refractivity (Wildman–Crippen MR) is 34.3 cm³/mol. The van der Waals surface area contributed by atoms with Gasteiger partial charge < -0.3 is 5.11 Å². The molecule has 0 saturated heterocycles. The molecular weight excluding hydrogens is 128 g/mol. The minimum atomic E-state index is -0.980. The highest BCUT2D eigenvalue weighted by molar-refractivity contribution is 6.26. The van der Waals surface area contributed by atoms with Gasteiger partial charge in [-0.05, 0) is 0 Å². The van der Waals surface area contributed by atoms with Gasteiger partial charge in [0.2, 0.25) is 0 Å². The van der Waals surface area contributed by atoms with E-state index in [1.807, 2.05) is 0 Å². The summed E-state index contributed by atoms with van der Waals surface area (Å²) in [5, 5.41) is 7.59. The largest absolute Gasteiger partial charge is 0.480 e. The Morgan fingerprint density at radius 1 is 1.62 bits per heavy atom. The minimum absolute atomic E-state index is 0.306. The Morgan fingerprint density at radius 3 is 1.75 bits per heavy atom. The van der Waals surface area contributed by atoms with E-state index in [9.17, 15) is 4.79 Å². The summed E-state index contributed by atoms with van der Waals surface area (Å²) in [4.78, 5) is 9.24. The number of carboxylic acids is 1. The lowest BCUT2D eigenvalue weighted by Gasteiger charge is -1.69. The molecule has 0 aliphatic carbocycles. The van der Waals surface area contributed by atoms with E-state index in [1.165, 1.54) is 6.42 Å². The van der Waals surface area contributed by atoms with Crippen LogP contribution in [0, 0.1) is 0 Å². The Bertz CT molecular complexity index is 54.4. The average Bonchev–Trinajstić information content (AvgIpc) is 1.69. The lowest BCUT2D eigenvalue weighted by molar-refractivity contribution is -0.134. The van der Waals surface area contributed by atoms with E-state index < -0.39 is 5.97 Å². The van der Waals surface area contributed by atoms with Gasteiger partial charge in [-0.2, -0.15) is 0 Å². The highest BCUT2D eigenvalue weighted by Crippen LogP contribution is 1.67. The highest BCUT2D eigenvalue weighted by atomic mass is 35.5. The first-order valence-corrected chi connectivity index (χ1v) is 3.00. The molecule has 0 aliphatic heterocycles. The van der Waals surface area contributed by atoms with Crippen molar-refractivity contribution in [3.05, 3.63) is 0 Å². The molecule has 0 atom stereocenters. The summed E-state index contributed by atoms with van der Waals surface area (Å²) in [6.45, 7) is 4.25. The van der Waals surface area contributed by atoms with E-state index in [0.29, 0.717) is 0 Å². The molecule has 0 unspecified atom stereocenters. The summed E-state index contributed by atoms with van der Waals surface area (Å²) in [6, 6.07) is 0. The smallest absolute Gasteiger partial charge is 0.318 e. The Hall–Kier alpha value is -0.240. The number of rotatable bonds is 1. The summed E-state index contributed by atoms with van der Waals surface area (Å²) < 4.78 is 0. The second-order valence-electron chi connectivity index (χ2n) is 1.23. The van der Waals surface area contributed by atoms with E-state index >= 15 is 0 Å². The molecule has 0 saturated carbocycles. The molecule has 0 aromatic carbocycles. The molecule has 0 radical (unpaired) electrons. The topological polar surface area (TPSA) is 37.3 Å². The van der Waals surface area contributed by atoms with Gasteiger partial charge in [-0.1, -0.05) is 20.3 Å². The Balaban J connectivity index is 0. The van der Waals surface area contributed by atoms with Crippen molar-refractivity contribution in [3.8, 4) is 0 Å². The van der Waals surface area contributed by atoms with Crippen LogP contribution in [-0.4, -0.2) is 17.0 Å². The fourth-order valence-corrected chi connectivity index (χ4v) is 0. The molecular formula is C5H11ClO2. The third-order valence-corrected chi connectivity index (χ3v) is 0.343. The Morgan fingerprint density at radius 2 is 1.75 bits per heavy atom. The van der Waals surface area contributed by atoms with Crippen molar-refractivity contribution in [3.63, 3.8) is 0 Å². The summed E-state index contributed by atoms with van der Waals surface area (Å²) in [6.07, 6.45) is 1.25. The lowest BCUT2D eigenvalue weighted by Crippen LogP contribution is -1.92. The molecule has 0 spiro atoms. The summed E-state index contributed by atoms with van der Waals surface area (Å²) in [7, 11) is 0. The molecule has 1 N–H and O–H groups in total. The van der Waals surface area contributed by atoms with E-state index in [2.05, 4.69) is 13.8 Å². The number of hydrogen-bond donors (Lipinski definition) is 1. The lowest BCUT2D eigenvalue weighted by atomic mass is 10.6. The number of alkyl halides is 1. The molecule has 50 valence electrons. The Kier molecular flexibility index (Phi) is 13.2. The molecule has 8 heavy (non-hydrogen) atoms. The quantitative estimate of drug-likeness (QED) is 0.561. The number of carboxylic acid groups (broad SMARTS) is 1. The normalized spacial score (nSPS) is 6.88. The zero-order valence-electron chi connectivity index (χ0n) is 5.15. The van der Waals surface area contributed by atoms with Gasteiger partial charge >= 0.3 is 5.97 Å². The van der Waals surface area contributed by atoms with Crippen LogP contribution < -0.4 is 0 Å². The SMILES string of the molecule is CCC.O=C(O)CCl. The van der Waals surface area contributed by atoms with Crippen LogP contribution in [0.15, 0.2) is 0 Å². The zero-order valence-corrected chi connectivity index (χ0v) is 5.90. The van der Waals surface area contributed by atoms with Gasteiger partial charge in [-0.15, -0.1) is 11.6 Å². The van der Waals surface area contributed by atoms with Gasteiger partial charge in [-0.3, -0.25) is 4.79 Å². The molecule has 0 heterocycles. The summed E-state index contributed by atoms with van der Waals surface area (Å²) >= 11 is 4.74. The predicted octanol–water partition coefficient (Wildman–Crippen LogP) is 1.73. The minimum Gasteiger partial charge on any atom is -0.480 e. The molecule has 0 aromatic rings. The molecule has 0 aliphatic rings. The first-order chi connectivity index (χ1) is 3.68. The second-order valence-corrected chi connectivity index (χ2v) is 1.50. The van der Waals surface area contributed by atoms with Crippen molar-refractivity contribution < 1.29 is 9.90 Å². The van der Waals surface area contributed by atoms with Crippen LogP contribution in [0.3, 0.4) is 0 Å².